The Kier molecular flexibility index (Phi) is 4.48. The zero-order chi connectivity index (χ0) is 20.7. The highest BCUT2D eigenvalue weighted by Gasteiger charge is 2.17. The minimum atomic E-state index is -0.386. The fraction of sp³-hybridized carbons (Fsp3) is 0.0455. The van der Waals surface area contributed by atoms with Gasteiger partial charge in [0.05, 0.1) is 16.4 Å². The minimum Gasteiger partial charge on any atom is -0.268 e. The van der Waals surface area contributed by atoms with Crippen molar-refractivity contribution in [1.82, 2.24) is 24.5 Å². The van der Waals surface area contributed by atoms with E-state index < -0.39 is 0 Å². The molecule has 3 heterocycles. The van der Waals surface area contributed by atoms with Crippen LogP contribution in [-0.2, 0) is 0 Å². The maximum absolute atomic E-state index is 13.9. The predicted octanol–water partition coefficient (Wildman–Crippen LogP) is 4.32. The van der Waals surface area contributed by atoms with E-state index in [0.717, 1.165) is 5.56 Å². The van der Waals surface area contributed by atoms with Gasteiger partial charge in [0.2, 0.25) is 0 Å². The Balaban J connectivity index is 1.78. The van der Waals surface area contributed by atoms with Gasteiger partial charge in [-0.1, -0.05) is 12.1 Å². The number of aromatic nitrogens is 5. The van der Waals surface area contributed by atoms with Crippen LogP contribution in [0.3, 0.4) is 0 Å². The summed E-state index contributed by atoms with van der Waals surface area (Å²) in [5.74, 6) is 0.0775. The van der Waals surface area contributed by atoms with E-state index in [2.05, 4.69) is 15.0 Å². The summed E-state index contributed by atoms with van der Waals surface area (Å²) in [6, 6.07) is 15.2. The molecule has 0 aliphatic heterocycles. The van der Waals surface area contributed by atoms with Gasteiger partial charge in [-0.15, -0.1) is 0 Å². The molecule has 2 aromatic carbocycles. The monoisotopic (exact) mass is 415 g/mol. The maximum Gasteiger partial charge on any atom is 0.267 e. The van der Waals surface area contributed by atoms with Crippen molar-refractivity contribution in [2.75, 3.05) is 0 Å². The molecule has 5 aromatic rings. The lowest BCUT2D eigenvalue weighted by molar-refractivity contribution is 0.629. The Labute approximate surface area is 174 Å². The predicted molar refractivity (Wildman–Crippen MR) is 113 cm³/mol. The maximum atomic E-state index is 13.9. The molecule has 3 aromatic heterocycles. The van der Waals surface area contributed by atoms with E-state index in [1.54, 1.807) is 30.5 Å². The molecule has 0 aliphatic carbocycles. The topological polar surface area (TPSA) is 73.6 Å². The lowest BCUT2D eigenvalue weighted by Gasteiger charge is -2.13. The van der Waals surface area contributed by atoms with Crippen molar-refractivity contribution in [3.05, 3.63) is 88.9 Å². The van der Waals surface area contributed by atoms with Crippen molar-refractivity contribution in [2.24, 2.45) is 0 Å². The Morgan fingerprint density at radius 1 is 0.933 bits per heavy atom. The lowest BCUT2D eigenvalue weighted by Crippen LogP contribution is -2.22. The van der Waals surface area contributed by atoms with Crippen molar-refractivity contribution in [3.63, 3.8) is 0 Å². The quantitative estimate of drug-likeness (QED) is 0.323. The third-order valence-electron chi connectivity index (χ3n) is 4.62. The summed E-state index contributed by atoms with van der Waals surface area (Å²) in [7, 11) is 0. The Bertz CT molecular complexity index is 1480. The second kappa shape index (κ2) is 7.31. The molecule has 0 saturated carbocycles. The smallest absolute Gasteiger partial charge is 0.267 e. The molecule has 8 heteroatoms. The third kappa shape index (κ3) is 3.21. The van der Waals surface area contributed by atoms with Gasteiger partial charge < -0.3 is 0 Å². The number of hydrogen-bond donors (Lipinski definition) is 0. The number of nitrogens with zero attached hydrogens (tertiary/aromatic N) is 5. The average Bonchev–Trinajstić information content (AvgIpc) is 2.74. The van der Waals surface area contributed by atoms with Crippen LogP contribution >= 0.6 is 11.8 Å². The van der Waals surface area contributed by atoms with E-state index in [1.807, 2.05) is 25.1 Å². The van der Waals surface area contributed by atoms with Gasteiger partial charge in [0.15, 0.2) is 5.16 Å². The van der Waals surface area contributed by atoms with Crippen molar-refractivity contribution < 1.29 is 4.39 Å². The van der Waals surface area contributed by atoms with E-state index in [0.29, 0.717) is 37.8 Å². The fourth-order valence-corrected chi connectivity index (χ4v) is 4.16. The highest BCUT2D eigenvalue weighted by Crippen LogP contribution is 2.31. The summed E-state index contributed by atoms with van der Waals surface area (Å²) in [5, 5.41) is 1.93. The number of rotatable bonds is 3. The fourth-order valence-electron chi connectivity index (χ4n) is 3.20. The van der Waals surface area contributed by atoms with Gasteiger partial charge in [-0.25, -0.2) is 28.9 Å². The number of benzene rings is 2. The standard InChI is InChI=1S/C22H14FN5OS/c1-13-8-9-24-19(10-13)28-21(29)15-4-2-3-5-18(15)27-22(28)30-20-16-11-14(23)6-7-17(16)25-12-26-20/h2-12H,1H3. The zero-order valence-corrected chi connectivity index (χ0v) is 16.6. The number of hydrogen-bond acceptors (Lipinski definition) is 6. The van der Waals surface area contributed by atoms with Crippen molar-refractivity contribution in [1.29, 1.82) is 0 Å². The Hall–Kier alpha value is -3.65. The molecule has 0 bridgehead atoms. The van der Waals surface area contributed by atoms with Gasteiger partial charge in [0, 0.05) is 11.6 Å². The van der Waals surface area contributed by atoms with Gasteiger partial charge in [-0.3, -0.25) is 4.79 Å². The molecule has 0 unspecified atom stereocenters. The van der Waals surface area contributed by atoms with Crippen LogP contribution in [0.25, 0.3) is 27.6 Å². The van der Waals surface area contributed by atoms with E-state index >= 15 is 0 Å². The lowest BCUT2D eigenvalue weighted by atomic mass is 10.2. The van der Waals surface area contributed by atoms with Crippen molar-refractivity contribution in [2.45, 2.75) is 17.1 Å². The molecule has 0 N–H and O–H groups in total. The molecule has 6 nitrogen and oxygen atoms in total. The number of fused-ring (bicyclic) bond motifs is 2. The molecule has 0 aliphatic rings. The van der Waals surface area contributed by atoms with E-state index in [4.69, 9.17) is 4.98 Å². The minimum absolute atomic E-state index is 0.231. The molecule has 0 atom stereocenters. The van der Waals surface area contributed by atoms with Gasteiger partial charge in [-0.2, -0.15) is 0 Å². The van der Waals surface area contributed by atoms with Crippen LogP contribution in [0.4, 0.5) is 4.39 Å². The normalized spacial score (nSPS) is 11.3. The number of aryl methyl sites for hydroxylation is 1. The van der Waals surface area contributed by atoms with Crippen LogP contribution in [0.1, 0.15) is 5.56 Å². The summed E-state index contributed by atoms with van der Waals surface area (Å²) >= 11 is 1.18. The van der Waals surface area contributed by atoms with Gasteiger partial charge in [-0.05, 0) is 66.7 Å². The Morgan fingerprint density at radius 3 is 2.67 bits per heavy atom. The summed E-state index contributed by atoms with van der Waals surface area (Å²) < 4.78 is 15.3. The summed E-state index contributed by atoms with van der Waals surface area (Å²) in [6.45, 7) is 1.93. The number of pyridine rings is 1. The number of halogens is 1. The first-order valence-corrected chi connectivity index (χ1v) is 9.95. The van der Waals surface area contributed by atoms with Crippen LogP contribution in [0.15, 0.2) is 82.1 Å². The average molecular weight is 415 g/mol. The van der Waals surface area contributed by atoms with Gasteiger partial charge in [0.25, 0.3) is 5.56 Å². The highest BCUT2D eigenvalue weighted by atomic mass is 32.2. The molecule has 0 fully saturated rings. The van der Waals surface area contributed by atoms with Gasteiger partial charge >= 0.3 is 0 Å². The van der Waals surface area contributed by atoms with Gasteiger partial charge in [0.1, 0.15) is 23.0 Å². The highest BCUT2D eigenvalue weighted by molar-refractivity contribution is 7.99. The number of para-hydroxylation sites is 1. The first-order chi connectivity index (χ1) is 14.6. The first kappa shape index (κ1) is 18.4. The third-order valence-corrected chi connectivity index (χ3v) is 5.60. The molecule has 5 rings (SSSR count). The molecule has 0 radical (unpaired) electrons. The molecular weight excluding hydrogens is 401 g/mol. The second-order valence-electron chi connectivity index (χ2n) is 6.69. The molecule has 30 heavy (non-hydrogen) atoms. The molecule has 0 saturated heterocycles. The zero-order valence-electron chi connectivity index (χ0n) is 15.8. The van der Waals surface area contributed by atoms with Crippen LogP contribution in [0, 0.1) is 12.7 Å². The SMILES string of the molecule is Cc1ccnc(-n2c(Sc3ncnc4ccc(F)cc34)nc3ccccc3c2=O)c1. The second-order valence-corrected chi connectivity index (χ2v) is 7.64. The molecule has 0 amide bonds. The summed E-state index contributed by atoms with van der Waals surface area (Å²) in [6.07, 6.45) is 3.06. The molecule has 0 spiro atoms. The van der Waals surface area contributed by atoms with Crippen molar-refractivity contribution in [3.8, 4) is 5.82 Å². The summed E-state index contributed by atoms with van der Waals surface area (Å²) in [4.78, 5) is 30.9. The summed E-state index contributed by atoms with van der Waals surface area (Å²) in [5.41, 5.74) is 1.91. The molecular formula is C22H14FN5OS. The first-order valence-electron chi connectivity index (χ1n) is 9.13. The Morgan fingerprint density at radius 2 is 1.80 bits per heavy atom. The van der Waals surface area contributed by atoms with Crippen LogP contribution < -0.4 is 5.56 Å². The van der Waals surface area contributed by atoms with E-state index in [1.165, 1.54) is 34.8 Å². The largest absolute Gasteiger partial charge is 0.268 e. The van der Waals surface area contributed by atoms with E-state index in [-0.39, 0.29) is 11.4 Å². The van der Waals surface area contributed by atoms with Crippen molar-refractivity contribution >= 4 is 33.6 Å². The van der Waals surface area contributed by atoms with E-state index in [9.17, 15) is 9.18 Å². The molecule has 146 valence electrons. The van der Waals surface area contributed by atoms with Crippen LogP contribution in [0.5, 0.6) is 0 Å². The van der Waals surface area contributed by atoms with Crippen LogP contribution in [-0.4, -0.2) is 24.5 Å². The van der Waals surface area contributed by atoms with Crippen LogP contribution in [0.2, 0.25) is 0 Å².